The highest BCUT2D eigenvalue weighted by Gasteiger charge is 2.31. The van der Waals surface area contributed by atoms with E-state index in [-0.39, 0.29) is 29.7 Å². The summed E-state index contributed by atoms with van der Waals surface area (Å²) in [6, 6.07) is 0. The number of nitrogens with one attached hydrogen (secondary N) is 2. The van der Waals surface area contributed by atoms with Gasteiger partial charge in [0.05, 0.1) is 5.75 Å². The molecule has 1 aliphatic rings. The van der Waals surface area contributed by atoms with Crippen molar-refractivity contribution in [2.24, 2.45) is 10.4 Å². The Morgan fingerprint density at radius 1 is 1.29 bits per heavy atom. The monoisotopic (exact) mass is 474 g/mol. The number of hydrogen-bond donors (Lipinski definition) is 2. The Morgan fingerprint density at radius 2 is 2.00 bits per heavy atom. The van der Waals surface area contributed by atoms with E-state index in [1.807, 2.05) is 7.05 Å². The number of rotatable bonds is 8. The number of halogens is 1. The van der Waals surface area contributed by atoms with Crippen LogP contribution < -0.4 is 10.0 Å². The molecule has 0 spiro atoms. The minimum absolute atomic E-state index is 0. The highest BCUT2D eigenvalue weighted by Crippen LogP contribution is 2.33. The van der Waals surface area contributed by atoms with Crippen LogP contribution in [-0.2, 0) is 10.0 Å². The van der Waals surface area contributed by atoms with Gasteiger partial charge >= 0.3 is 0 Å². The molecule has 1 aliphatic heterocycles. The lowest BCUT2D eigenvalue weighted by atomic mass is 9.78. The van der Waals surface area contributed by atoms with E-state index in [1.165, 1.54) is 25.7 Å². The minimum atomic E-state index is -3.09. The molecule has 0 aromatic heterocycles. The Morgan fingerprint density at radius 3 is 2.58 bits per heavy atom. The lowest BCUT2D eigenvalue weighted by Gasteiger charge is -2.42. The van der Waals surface area contributed by atoms with Gasteiger partial charge in [-0.3, -0.25) is 4.99 Å². The predicted molar refractivity (Wildman–Crippen MR) is 113 cm³/mol. The number of sulfonamides is 1. The van der Waals surface area contributed by atoms with Gasteiger partial charge in [0.2, 0.25) is 10.0 Å². The number of guanidine groups is 1. The Hall–Kier alpha value is -0.0900. The van der Waals surface area contributed by atoms with Gasteiger partial charge in [-0.25, -0.2) is 13.1 Å². The van der Waals surface area contributed by atoms with Gasteiger partial charge < -0.3 is 10.2 Å². The number of hydrogen-bond acceptors (Lipinski definition) is 3. The first-order valence-electron chi connectivity index (χ1n) is 8.78. The van der Waals surface area contributed by atoms with E-state index in [9.17, 15) is 8.42 Å². The van der Waals surface area contributed by atoms with Gasteiger partial charge in [0, 0.05) is 33.2 Å². The van der Waals surface area contributed by atoms with Crippen LogP contribution in [0.3, 0.4) is 0 Å². The zero-order valence-corrected chi connectivity index (χ0v) is 18.7. The number of nitrogens with zero attached hydrogens (tertiary/aromatic N) is 2. The molecule has 0 bridgehead atoms. The first kappa shape index (κ1) is 23.9. The van der Waals surface area contributed by atoms with Gasteiger partial charge in [0.15, 0.2) is 5.96 Å². The third-order valence-electron chi connectivity index (χ3n) is 4.48. The van der Waals surface area contributed by atoms with Crippen LogP contribution in [0.1, 0.15) is 52.9 Å². The van der Waals surface area contributed by atoms with E-state index < -0.39 is 10.0 Å². The summed E-state index contributed by atoms with van der Waals surface area (Å²) < 4.78 is 25.3. The molecule has 8 heteroatoms. The predicted octanol–water partition coefficient (Wildman–Crippen LogP) is 2.41. The van der Waals surface area contributed by atoms with E-state index in [2.05, 4.69) is 33.8 Å². The molecule has 1 unspecified atom stereocenters. The lowest BCUT2D eigenvalue weighted by Crippen LogP contribution is -2.50. The number of aliphatic imine (C=N–C) groups is 1. The maximum absolute atomic E-state index is 11.4. The van der Waals surface area contributed by atoms with Gasteiger partial charge in [-0.2, -0.15) is 0 Å². The molecule has 0 radical (unpaired) electrons. The fourth-order valence-corrected chi connectivity index (χ4v) is 3.91. The Balaban J connectivity index is 0.00000529. The van der Waals surface area contributed by atoms with Crippen LogP contribution in [0.25, 0.3) is 0 Å². The molecule has 2 N–H and O–H groups in total. The molecule has 0 saturated carbocycles. The second kappa shape index (κ2) is 11.5. The SMILES string of the molecule is CCCC1(C)CCCN(C(=NC)NCCCNS(=O)(=O)CC)C1.I. The van der Waals surface area contributed by atoms with Crippen LogP contribution in [0.2, 0.25) is 0 Å². The normalized spacial score (nSPS) is 22.2. The minimum Gasteiger partial charge on any atom is -0.356 e. The van der Waals surface area contributed by atoms with Crippen molar-refractivity contribution in [1.29, 1.82) is 0 Å². The summed E-state index contributed by atoms with van der Waals surface area (Å²) in [5.41, 5.74) is 0.376. The zero-order valence-electron chi connectivity index (χ0n) is 15.6. The summed E-state index contributed by atoms with van der Waals surface area (Å²) in [5.74, 6) is 1.07. The Bertz CT molecular complexity index is 480. The standard InChI is InChI=1S/C16H34N4O2S.HI/c1-5-9-16(3)10-7-13-20(14-16)15(17-4)18-11-8-12-19-23(21,22)6-2;/h19H,5-14H2,1-4H3,(H,17,18);1H. The smallest absolute Gasteiger partial charge is 0.211 e. The van der Waals surface area contributed by atoms with Gasteiger partial charge in [-0.05, 0) is 38.0 Å². The summed E-state index contributed by atoms with van der Waals surface area (Å²) in [5, 5.41) is 3.36. The molecule has 24 heavy (non-hydrogen) atoms. The van der Waals surface area contributed by atoms with Crippen molar-refractivity contribution in [3.63, 3.8) is 0 Å². The third kappa shape index (κ3) is 8.33. The molecule has 0 aliphatic carbocycles. The van der Waals surface area contributed by atoms with Crippen molar-refractivity contribution in [1.82, 2.24) is 14.9 Å². The van der Waals surface area contributed by atoms with E-state index >= 15 is 0 Å². The summed E-state index contributed by atoms with van der Waals surface area (Å²) >= 11 is 0. The maximum atomic E-state index is 11.4. The molecule has 1 atom stereocenters. The van der Waals surface area contributed by atoms with E-state index in [1.54, 1.807) is 6.92 Å². The van der Waals surface area contributed by atoms with Crippen molar-refractivity contribution < 1.29 is 8.42 Å². The second-order valence-electron chi connectivity index (χ2n) is 6.71. The fourth-order valence-electron chi connectivity index (χ4n) is 3.25. The molecule has 0 aromatic carbocycles. The van der Waals surface area contributed by atoms with E-state index in [4.69, 9.17) is 0 Å². The molecule has 1 saturated heterocycles. The van der Waals surface area contributed by atoms with Crippen LogP contribution in [0, 0.1) is 5.41 Å². The Kier molecular flexibility index (Phi) is 11.5. The van der Waals surface area contributed by atoms with Crippen LogP contribution in [0.4, 0.5) is 0 Å². The van der Waals surface area contributed by atoms with Gasteiger partial charge in [0.1, 0.15) is 0 Å². The van der Waals surface area contributed by atoms with Gasteiger partial charge in [0.25, 0.3) is 0 Å². The molecular weight excluding hydrogens is 439 g/mol. The van der Waals surface area contributed by atoms with Crippen molar-refractivity contribution in [3.05, 3.63) is 0 Å². The molecule has 0 aromatic rings. The van der Waals surface area contributed by atoms with Gasteiger partial charge in [-0.15, -0.1) is 24.0 Å². The summed E-state index contributed by atoms with van der Waals surface area (Å²) in [6.45, 7) is 9.54. The first-order valence-corrected chi connectivity index (χ1v) is 10.4. The quantitative estimate of drug-likeness (QED) is 0.245. The molecule has 1 rings (SSSR count). The second-order valence-corrected chi connectivity index (χ2v) is 8.81. The average Bonchev–Trinajstić information content (AvgIpc) is 2.50. The molecule has 1 heterocycles. The fraction of sp³-hybridized carbons (Fsp3) is 0.938. The summed E-state index contributed by atoms with van der Waals surface area (Å²) in [6.07, 6.45) is 5.70. The van der Waals surface area contributed by atoms with E-state index in [0.717, 1.165) is 32.0 Å². The van der Waals surface area contributed by atoms with Gasteiger partial charge in [-0.1, -0.05) is 20.3 Å². The molecular formula is C16H35IN4O2S. The lowest BCUT2D eigenvalue weighted by molar-refractivity contribution is 0.142. The van der Waals surface area contributed by atoms with Crippen LogP contribution in [0.5, 0.6) is 0 Å². The van der Waals surface area contributed by atoms with Crippen LogP contribution in [0.15, 0.2) is 4.99 Å². The summed E-state index contributed by atoms with van der Waals surface area (Å²) in [4.78, 5) is 6.74. The molecule has 0 amide bonds. The van der Waals surface area contributed by atoms with Crippen molar-refractivity contribution in [2.45, 2.75) is 52.9 Å². The van der Waals surface area contributed by atoms with Crippen molar-refractivity contribution in [2.75, 3.05) is 39.0 Å². The van der Waals surface area contributed by atoms with Crippen molar-refractivity contribution >= 4 is 40.0 Å². The first-order chi connectivity index (χ1) is 10.9. The van der Waals surface area contributed by atoms with Crippen LogP contribution >= 0.6 is 24.0 Å². The largest absolute Gasteiger partial charge is 0.356 e. The van der Waals surface area contributed by atoms with Crippen molar-refractivity contribution in [3.8, 4) is 0 Å². The highest BCUT2D eigenvalue weighted by molar-refractivity contribution is 14.0. The van der Waals surface area contributed by atoms with E-state index in [0.29, 0.717) is 12.0 Å². The molecule has 144 valence electrons. The number of likely N-dealkylation sites (tertiary alicyclic amines) is 1. The number of piperidine rings is 1. The average molecular weight is 474 g/mol. The van der Waals surface area contributed by atoms with Crippen LogP contribution in [-0.4, -0.2) is 58.3 Å². The maximum Gasteiger partial charge on any atom is 0.211 e. The Labute approximate surface area is 165 Å². The third-order valence-corrected chi connectivity index (χ3v) is 5.89. The highest BCUT2D eigenvalue weighted by atomic mass is 127. The molecule has 1 fully saturated rings. The zero-order chi connectivity index (χ0) is 17.3. The topological polar surface area (TPSA) is 73.8 Å². The summed E-state index contributed by atoms with van der Waals surface area (Å²) in [7, 11) is -1.27. The molecule has 6 nitrogen and oxygen atoms in total.